The lowest BCUT2D eigenvalue weighted by atomic mass is 10.2. The molecule has 1 amide bonds. The van der Waals surface area contributed by atoms with Gasteiger partial charge in [0.2, 0.25) is 15.9 Å². The molecule has 0 unspecified atom stereocenters. The minimum absolute atomic E-state index is 0.313. The number of rotatable bonds is 7. The van der Waals surface area contributed by atoms with Crippen molar-refractivity contribution < 1.29 is 13.2 Å². The molecule has 0 aliphatic rings. The predicted molar refractivity (Wildman–Crippen MR) is 75.6 cm³/mol. The number of amides is 1. The van der Waals surface area contributed by atoms with Crippen molar-refractivity contribution in [1.29, 1.82) is 0 Å². The van der Waals surface area contributed by atoms with Crippen LogP contribution in [0.2, 0.25) is 0 Å². The monoisotopic (exact) mass is 305 g/mol. The second kappa shape index (κ2) is 6.97. The molecule has 0 aliphatic carbocycles. The zero-order chi connectivity index (χ0) is 14.5. The molecule has 6 nitrogen and oxygen atoms in total. The second-order valence-electron chi connectivity index (χ2n) is 4.37. The highest BCUT2D eigenvalue weighted by atomic mass is 32.2. The van der Waals surface area contributed by atoms with Crippen LogP contribution in [0.3, 0.4) is 0 Å². The van der Waals surface area contributed by atoms with Crippen LogP contribution in [-0.2, 0) is 21.2 Å². The first-order valence-corrected chi connectivity index (χ1v) is 8.70. The highest BCUT2D eigenvalue weighted by Crippen LogP contribution is 2.13. The molecule has 0 fully saturated rings. The third-order valence-corrected chi connectivity index (χ3v) is 4.29. The van der Waals surface area contributed by atoms with Gasteiger partial charge in [-0.05, 0) is 26.7 Å². The summed E-state index contributed by atoms with van der Waals surface area (Å²) >= 11 is 1.61. The van der Waals surface area contributed by atoms with E-state index in [0.29, 0.717) is 6.54 Å². The van der Waals surface area contributed by atoms with Crippen LogP contribution < -0.4 is 10.0 Å². The van der Waals surface area contributed by atoms with Crippen LogP contribution in [-0.4, -0.2) is 38.2 Å². The van der Waals surface area contributed by atoms with Crippen molar-refractivity contribution in [1.82, 2.24) is 15.0 Å². The smallest absolute Gasteiger partial charge is 0.237 e. The summed E-state index contributed by atoms with van der Waals surface area (Å²) in [5, 5.41) is 2.71. The number of nitrogens with zero attached hydrogens (tertiary/aromatic N) is 1. The van der Waals surface area contributed by atoms with Crippen molar-refractivity contribution in [2.45, 2.75) is 32.7 Å². The maximum Gasteiger partial charge on any atom is 0.237 e. The average molecular weight is 305 g/mol. The quantitative estimate of drug-likeness (QED) is 0.715. The van der Waals surface area contributed by atoms with Gasteiger partial charge in [0.25, 0.3) is 0 Å². The van der Waals surface area contributed by atoms with Crippen LogP contribution in [0.1, 0.15) is 23.9 Å². The van der Waals surface area contributed by atoms with E-state index in [9.17, 15) is 13.2 Å². The number of aromatic nitrogens is 1. The predicted octanol–water partition coefficient (Wildman–Crippen LogP) is 0.438. The Bertz CT molecular complexity index is 525. The lowest BCUT2D eigenvalue weighted by Gasteiger charge is -2.12. The molecule has 0 aliphatic heterocycles. The van der Waals surface area contributed by atoms with Crippen molar-refractivity contribution >= 4 is 27.3 Å². The minimum atomic E-state index is -3.36. The van der Waals surface area contributed by atoms with Crippen LogP contribution >= 0.6 is 11.3 Å². The molecular weight excluding hydrogens is 286 g/mol. The fourth-order valence-electron chi connectivity index (χ4n) is 1.55. The molecule has 108 valence electrons. The Morgan fingerprint density at radius 3 is 2.74 bits per heavy atom. The molecule has 0 radical (unpaired) electrons. The van der Waals surface area contributed by atoms with Crippen LogP contribution in [0.15, 0.2) is 5.51 Å². The van der Waals surface area contributed by atoms with Gasteiger partial charge in [-0.3, -0.25) is 4.79 Å². The first-order valence-electron chi connectivity index (χ1n) is 5.93. The van der Waals surface area contributed by atoms with Crippen LogP contribution in [0.4, 0.5) is 0 Å². The maximum atomic E-state index is 11.6. The number of carbonyl (C=O) groups excluding carboxylic acids is 1. The summed E-state index contributed by atoms with van der Waals surface area (Å²) in [5.41, 5.74) is 2.84. The molecule has 8 heteroatoms. The molecule has 0 bridgehead atoms. The van der Waals surface area contributed by atoms with E-state index in [-0.39, 0.29) is 5.91 Å². The lowest BCUT2D eigenvalue weighted by molar-refractivity contribution is -0.122. The molecule has 1 rings (SSSR count). The molecule has 0 saturated carbocycles. The summed E-state index contributed by atoms with van der Waals surface area (Å²) in [6, 6.07) is -0.750. The Balaban J connectivity index is 2.26. The molecule has 1 heterocycles. The zero-order valence-electron chi connectivity index (χ0n) is 11.3. The van der Waals surface area contributed by atoms with Crippen LogP contribution in [0.25, 0.3) is 0 Å². The fourth-order valence-corrected chi connectivity index (χ4v) is 3.13. The van der Waals surface area contributed by atoms with E-state index in [1.54, 1.807) is 16.8 Å². The van der Waals surface area contributed by atoms with Gasteiger partial charge >= 0.3 is 0 Å². The van der Waals surface area contributed by atoms with Gasteiger partial charge in [-0.2, -0.15) is 0 Å². The Morgan fingerprint density at radius 2 is 2.21 bits per heavy atom. The van der Waals surface area contributed by atoms with Crippen molar-refractivity contribution in [2.75, 3.05) is 12.8 Å². The molecule has 2 N–H and O–H groups in total. The fraction of sp³-hybridized carbons (Fsp3) is 0.636. The van der Waals surface area contributed by atoms with E-state index >= 15 is 0 Å². The summed E-state index contributed by atoms with van der Waals surface area (Å²) in [6.07, 6.45) is 2.70. The second-order valence-corrected chi connectivity index (χ2v) is 7.09. The first-order chi connectivity index (χ1) is 8.79. The normalized spacial score (nSPS) is 13.2. The Morgan fingerprint density at radius 1 is 1.53 bits per heavy atom. The van der Waals surface area contributed by atoms with Gasteiger partial charge in [-0.1, -0.05) is 0 Å². The third kappa shape index (κ3) is 6.13. The molecule has 0 spiro atoms. The molecule has 19 heavy (non-hydrogen) atoms. The standard InChI is InChI=1S/C11H19N3O3S2/c1-8-10(18-7-13-8)5-4-6-12-11(15)9(2)14-19(3,16)17/h7,9,14H,4-6H2,1-3H3,(H,12,15)/t9-/m1/s1. The first kappa shape index (κ1) is 16.1. The van der Waals surface area contributed by atoms with Crippen LogP contribution in [0, 0.1) is 6.92 Å². The molecular formula is C11H19N3O3S2. The topological polar surface area (TPSA) is 88.2 Å². The van der Waals surface area contributed by atoms with Gasteiger partial charge in [0, 0.05) is 11.4 Å². The summed E-state index contributed by atoms with van der Waals surface area (Å²) < 4.78 is 24.2. The minimum Gasteiger partial charge on any atom is -0.355 e. The van der Waals surface area contributed by atoms with E-state index in [2.05, 4.69) is 15.0 Å². The van der Waals surface area contributed by atoms with E-state index in [0.717, 1.165) is 24.8 Å². The molecule has 0 aromatic carbocycles. The van der Waals surface area contributed by atoms with E-state index in [1.807, 2.05) is 6.92 Å². The molecule has 0 saturated heterocycles. The molecule has 1 aromatic rings. The van der Waals surface area contributed by atoms with E-state index < -0.39 is 16.1 Å². The number of hydrogen-bond acceptors (Lipinski definition) is 5. The zero-order valence-corrected chi connectivity index (χ0v) is 12.9. The van der Waals surface area contributed by atoms with Crippen molar-refractivity contribution in [3.8, 4) is 0 Å². The lowest BCUT2D eigenvalue weighted by Crippen LogP contribution is -2.44. The number of carbonyl (C=O) groups is 1. The van der Waals surface area contributed by atoms with Gasteiger partial charge in [-0.25, -0.2) is 18.1 Å². The molecule has 1 atom stereocenters. The number of nitrogens with one attached hydrogen (secondary N) is 2. The highest BCUT2D eigenvalue weighted by Gasteiger charge is 2.16. The number of aryl methyl sites for hydroxylation is 2. The number of sulfonamides is 1. The Hall–Kier alpha value is -0.990. The van der Waals surface area contributed by atoms with Gasteiger partial charge < -0.3 is 5.32 Å². The largest absolute Gasteiger partial charge is 0.355 e. The van der Waals surface area contributed by atoms with Crippen molar-refractivity contribution in [3.05, 3.63) is 16.1 Å². The Labute approximate surface area is 117 Å². The SMILES string of the molecule is Cc1ncsc1CCCNC(=O)[C@@H](C)NS(C)(=O)=O. The van der Waals surface area contributed by atoms with E-state index in [4.69, 9.17) is 0 Å². The summed E-state index contributed by atoms with van der Waals surface area (Å²) in [4.78, 5) is 17.0. The molecule has 1 aromatic heterocycles. The summed E-state index contributed by atoms with van der Waals surface area (Å²) in [5.74, 6) is -0.313. The van der Waals surface area contributed by atoms with Crippen molar-refractivity contribution in [3.63, 3.8) is 0 Å². The van der Waals surface area contributed by atoms with Gasteiger partial charge in [0.15, 0.2) is 0 Å². The van der Waals surface area contributed by atoms with Gasteiger partial charge in [0.05, 0.1) is 23.5 Å². The summed E-state index contributed by atoms with van der Waals surface area (Å²) in [6.45, 7) is 4.00. The van der Waals surface area contributed by atoms with Crippen molar-refractivity contribution in [2.24, 2.45) is 0 Å². The maximum absolute atomic E-state index is 11.6. The van der Waals surface area contributed by atoms with Gasteiger partial charge in [0.1, 0.15) is 0 Å². The summed E-state index contributed by atoms with van der Waals surface area (Å²) in [7, 11) is -3.36. The Kier molecular flexibility index (Phi) is 5.89. The van der Waals surface area contributed by atoms with E-state index in [1.165, 1.54) is 11.8 Å². The average Bonchev–Trinajstić information content (AvgIpc) is 2.68. The third-order valence-electron chi connectivity index (χ3n) is 2.51. The van der Waals surface area contributed by atoms with Gasteiger partial charge in [-0.15, -0.1) is 11.3 Å². The highest BCUT2D eigenvalue weighted by molar-refractivity contribution is 7.88. The van der Waals surface area contributed by atoms with Crippen LogP contribution in [0.5, 0.6) is 0 Å². The number of thiazole rings is 1. The number of hydrogen-bond donors (Lipinski definition) is 2.